The molecule has 1 aromatic heterocycles. The summed E-state index contributed by atoms with van der Waals surface area (Å²) in [6.45, 7) is 8.23. The molecule has 3 nitrogen and oxygen atoms in total. The first-order chi connectivity index (χ1) is 8.91. The van der Waals surface area contributed by atoms with Crippen LogP contribution in [0.2, 0.25) is 0 Å². The molecule has 0 aliphatic rings. The van der Waals surface area contributed by atoms with Crippen LogP contribution in [-0.4, -0.2) is 15.5 Å². The van der Waals surface area contributed by atoms with Crippen molar-refractivity contribution in [3.63, 3.8) is 0 Å². The zero-order valence-corrected chi connectivity index (χ0v) is 12.5. The van der Waals surface area contributed by atoms with E-state index in [1.807, 2.05) is 38.2 Å². The summed E-state index contributed by atoms with van der Waals surface area (Å²) in [5, 5.41) is 22.3. The number of benzene rings is 1. The van der Waals surface area contributed by atoms with Gasteiger partial charge in [-0.2, -0.15) is 4.57 Å². The molecular formula is C15H20NO2S+. The highest BCUT2D eigenvalue weighted by Gasteiger charge is 2.23. The van der Waals surface area contributed by atoms with E-state index in [0.29, 0.717) is 10.6 Å². The summed E-state index contributed by atoms with van der Waals surface area (Å²) in [6, 6.07) is 5.88. The van der Waals surface area contributed by atoms with E-state index in [4.69, 9.17) is 0 Å². The normalized spacial score (nSPS) is 11.7. The van der Waals surface area contributed by atoms with Crippen LogP contribution in [0.5, 0.6) is 11.6 Å². The van der Waals surface area contributed by atoms with Crippen molar-refractivity contribution >= 4 is 22.5 Å². The van der Waals surface area contributed by atoms with Gasteiger partial charge in [0.1, 0.15) is 0 Å². The number of fused-ring (bicyclic) bond motifs is 1. The molecule has 0 atom stereocenters. The molecular weight excluding hydrogens is 258 g/mol. The van der Waals surface area contributed by atoms with Crippen molar-refractivity contribution in [3.05, 3.63) is 24.4 Å². The summed E-state index contributed by atoms with van der Waals surface area (Å²) in [7, 11) is 0. The highest BCUT2D eigenvalue weighted by molar-refractivity contribution is 8.00. The summed E-state index contributed by atoms with van der Waals surface area (Å²) in [5.41, 5.74) is 0. The molecule has 0 unspecified atom stereocenters. The monoisotopic (exact) mass is 278 g/mol. The van der Waals surface area contributed by atoms with E-state index in [9.17, 15) is 10.2 Å². The van der Waals surface area contributed by atoms with Gasteiger partial charge in [0.2, 0.25) is 5.75 Å². The number of thioether (sulfide) groups is 1. The van der Waals surface area contributed by atoms with Crippen LogP contribution in [0.4, 0.5) is 0 Å². The maximum atomic E-state index is 10.2. The van der Waals surface area contributed by atoms with Crippen LogP contribution < -0.4 is 4.57 Å². The van der Waals surface area contributed by atoms with Crippen molar-refractivity contribution in [2.75, 3.05) is 0 Å². The SMILES string of the molecule is CC(C)Sc1cccc2c(O)c(O)[n+](C(C)C)cc12. The molecule has 19 heavy (non-hydrogen) atoms. The van der Waals surface area contributed by atoms with Gasteiger partial charge >= 0.3 is 5.88 Å². The summed E-state index contributed by atoms with van der Waals surface area (Å²) in [5.74, 6) is -0.119. The van der Waals surface area contributed by atoms with Gasteiger partial charge in [-0.05, 0) is 26.0 Å². The van der Waals surface area contributed by atoms with E-state index in [1.54, 1.807) is 16.3 Å². The van der Waals surface area contributed by atoms with Crippen molar-refractivity contribution in [1.29, 1.82) is 0 Å². The van der Waals surface area contributed by atoms with Crippen LogP contribution in [0.15, 0.2) is 29.3 Å². The molecule has 2 aromatic rings. The van der Waals surface area contributed by atoms with E-state index in [-0.39, 0.29) is 17.7 Å². The first kappa shape index (κ1) is 14.0. The summed E-state index contributed by atoms with van der Waals surface area (Å²) >= 11 is 1.76. The Morgan fingerprint density at radius 2 is 1.74 bits per heavy atom. The fraction of sp³-hybridized carbons (Fsp3) is 0.400. The molecule has 0 aliphatic carbocycles. The molecule has 2 rings (SSSR count). The molecule has 0 bridgehead atoms. The second kappa shape index (κ2) is 5.29. The molecule has 0 aliphatic heterocycles. The number of nitrogens with zero attached hydrogens (tertiary/aromatic N) is 1. The number of hydrogen-bond donors (Lipinski definition) is 2. The average Bonchev–Trinajstić information content (AvgIpc) is 2.33. The fourth-order valence-corrected chi connectivity index (χ4v) is 3.03. The van der Waals surface area contributed by atoms with Crippen LogP contribution in [0.3, 0.4) is 0 Å². The minimum atomic E-state index is -0.0748. The second-order valence-electron chi connectivity index (χ2n) is 5.19. The van der Waals surface area contributed by atoms with Crippen LogP contribution >= 0.6 is 11.8 Å². The van der Waals surface area contributed by atoms with E-state index >= 15 is 0 Å². The van der Waals surface area contributed by atoms with Gasteiger partial charge in [0.05, 0.1) is 5.39 Å². The Morgan fingerprint density at radius 1 is 1.05 bits per heavy atom. The number of hydrogen-bond acceptors (Lipinski definition) is 3. The maximum Gasteiger partial charge on any atom is 0.409 e. The van der Waals surface area contributed by atoms with Gasteiger partial charge in [0.15, 0.2) is 12.2 Å². The lowest BCUT2D eigenvalue weighted by molar-refractivity contribution is -0.720. The predicted molar refractivity (Wildman–Crippen MR) is 78.9 cm³/mol. The predicted octanol–water partition coefficient (Wildman–Crippen LogP) is 3.62. The van der Waals surface area contributed by atoms with E-state index in [1.165, 1.54) is 0 Å². The average molecular weight is 278 g/mol. The zero-order chi connectivity index (χ0) is 14.2. The minimum Gasteiger partial charge on any atom is -0.499 e. The molecule has 1 aromatic carbocycles. The smallest absolute Gasteiger partial charge is 0.409 e. The van der Waals surface area contributed by atoms with E-state index < -0.39 is 0 Å². The lowest BCUT2D eigenvalue weighted by Gasteiger charge is -2.11. The molecule has 1 heterocycles. The Kier molecular flexibility index (Phi) is 3.90. The summed E-state index contributed by atoms with van der Waals surface area (Å²) in [6.07, 6.45) is 1.92. The standard InChI is InChI=1S/C15H19NO2S/c1-9(2)16-8-12-11(14(17)15(16)18)6-5-7-13(12)19-10(3)4/h5-10,17H,1-4H3/p+1. The van der Waals surface area contributed by atoms with Gasteiger partial charge in [-0.15, -0.1) is 11.8 Å². The topological polar surface area (TPSA) is 44.3 Å². The molecule has 0 radical (unpaired) electrons. The molecule has 4 heteroatoms. The van der Waals surface area contributed by atoms with Gasteiger partial charge in [0.25, 0.3) is 0 Å². The van der Waals surface area contributed by atoms with Crippen molar-refractivity contribution in [1.82, 2.24) is 0 Å². The van der Waals surface area contributed by atoms with Crippen molar-refractivity contribution in [3.8, 4) is 11.6 Å². The lowest BCUT2D eigenvalue weighted by Crippen LogP contribution is -2.35. The summed E-state index contributed by atoms with van der Waals surface area (Å²) in [4.78, 5) is 1.12. The van der Waals surface area contributed by atoms with Crippen molar-refractivity contribution < 1.29 is 14.8 Å². The van der Waals surface area contributed by atoms with Crippen molar-refractivity contribution in [2.24, 2.45) is 0 Å². The van der Waals surface area contributed by atoms with Gasteiger partial charge in [-0.1, -0.05) is 19.9 Å². The third-order valence-corrected chi connectivity index (χ3v) is 4.05. The van der Waals surface area contributed by atoms with Gasteiger partial charge in [-0.25, -0.2) is 0 Å². The van der Waals surface area contributed by atoms with E-state index in [0.717, 1.165) is 10.3 Å². The van der Waals surface area contributed by atoms with E-state index in [2.05, 4.69) is 13.8 Å². The Morgan fingerprint density at radius 3 is 2.32 bits per heavy atom. The van der Waals surface area contributed by atoms with Crippen molar-refractivity contribution in [2.45, 2.75) is 43.9 Å². The fourth-order valence-electron chi connectivity index (χ4n) is 2.08. The van der Waals surface area contributed by atoms with Crippen LogP contribution in [0.25, 0.3) is 10.8 Å². The molecule has 102 valence electrons. The number of aromatic nitrogens is 1. The Bertz CT molecular complexity index is 609. The Hall–Kier alpha value is -1.42. The molecule has 2 N–H and O–H groups in total. The summed E-state index contributed by atoms with van der Waals surface area (Å²) < 4.78 is 1.70. The van der Waals surface area contributed by atoms with Crippen LogP contribution in [-0.2, 0) is 0 Å². The molecule has 0 spiro atoms. The van der Waals surface area contributed by atoms with Gasteiger partial charge in [-0.3, -0.25) is 0 Å². The van der Waals surface area contributed by atoms with Gasteiger partial charge < -0.3 is 10.2 Å². The highest BCUT2D eigenvalue weighted by atomic mass is 32.2. The quantitative estimate of drug-likeness (QED) is 0.666. The first-order valence-corrected chi connectivity index (χ1v) is 7.35. The molecule has 0 fully saturated rings. The number of aromatic hydroxyl groups is 2. The van der Waals surface area contributed by atoms with Gasteiger partial charge in [0, 0.05) is 15.5 Å². The second-order valence-corrected chi connectivity index (χ2v) is 6.80. The minimum absolute atomic E-state index is 0.0441. The lowest BCUT2D eigenvalue weighted by atomic mass is 10.1. The first-order valence-electron chi connectivity index (χ1n) is 6.47. The van der Waals surface area contributed by atoms with Crippen LogP contribution in [0.1, 0.15) is 33.7 Å². The third-order valence-electron chi connectivity index (χ3n) is 2.96. The number of pyridine rings is 1. The Balaban J connectivity index is 2.74. The van der Waals surface area contributed by atoms with Crippen LogP contribution in [0, 0.1) is 0 Å². The molecule has 0 saturated heterocycles. The third kappa shape index (κ3) is 2.63. The highest BCUT2D eigenvalue weighted by Crippen LogP contribution is 2.37. The molecule has 0 saturated carbocycles. The molecule has 0 amide bonds. The largest absolute Gasteiger partial charge is 0.499 e. The number of rotatable bonds is 3. The Labute approximate surface area is 117 Å². The maximum absolute atomic E-state index is 10.2. The zero-order valence-electron chi connectivity index (χ0n) is 11.7.